The van der Waals surface area contributed by atoms with Crippen LogP contribution in [-0.2, 0) is 0 Å². The van der Waals surface area contributed by atoms with E-state index in [1.54, 1.807) is 24.1 Å². The molecule has 9 N–H and O–H groups in total. The van der Waals surface area contributed by atoms with Gasteiger partial charge in [-0.15, -0.1) is 0 Å². The number of hydrogen-bond acceptors (Lipinski definition) is 28. The van der Waals surface area contributed by atoms with Gasteiger partial charge in [0.25, 0.3) is 11.4 Å². The Hall–Kier alpha value is -12.3. The van der Waals surface area contributed by atoms with Crippen molar-refractivity contribution in [2.75, 3.05) is 24.3 Å². The lowest BCUT2D eigenvalue weighted by Crippen LogP contribution is -2.15. The lowest BCUT2D eigenvalue weighted by molar-refractivity contribution is 0.401. The Morgan fingerprint density at radius 2 is 1.07 bits per heavy atom. The molecule has 15 aromatic rings. The van der Waals surface area contributed by atoms with Crippen molar-refractivity contribution in [3.63, 3.8) is 0 Å². The van der Waals surface area contributed by atoms with Crippen LogP contribution in [0.2, 0.25) is 0 Å². The van der Waals surface area contributed by atoms with Gasteiger partial charge in [-0.05, 0) is 106 Å². The lowest BCUT2D eigenvalue weighted by Gasteiger charge is -2.10. The number of methoxy groups -OCH3 is 1. The number of anilines is 3. The number of hydrogen-bond donors (Lipinski definition) is 6. The van der Waals surface area contributed by atoms with Gasteiger partial charge in [-0.25, -0.2) is 53.1 Å². The van der Waals surface area contributed by atoms with Crippen molar-refractivity contribution in [1.29, 1.82) is 0 Å². The standard InChI is InChI=1S/C18H21N5.C15H17N5O3.C14H14FN5O.C14H16N6OS.C13H15N7O2/c1-11-7-9-13(10-8-11)16-15-17(19)20-12(2)21-18(15)23(22-16)14-5-3-4-6-14;1-8-7-23-14(16-8)11-10-12(17-15(21)18-13(10)22-2)20(19-11)9-5-3-4-6-9;1-8-6-11(21-19-8)12-10-7-16-14(15)17-13(10)20(18-12)9-4-2-3-5-9;1-7-6-16-21-11(7)10-9-12(17-14(15)18-13(9)22)20(19-10)8-4-2-3-5-8;1-6-15-12(22-19-6)9-8-10(16-13(14)17-11(8)21)20(18-9)7-4-2-3-5-7/h7-10,14H,3-6H2,1-2H3,(H2,19,20,21);7,9H,3-6H2,1-2H3,(H,17,18,21);6-7,9H,2-5H2,1H3;6,8H,2-5H2,1H3,(H3,15,17,18,22);7H,2-5H2,1H3,(H3,14,16,17,21). The molecule has 0 saturated heterocycles. The summed E-state index contributed by atoms with van der Waals surface area (Å²) in [7, 11) is 1.48. The van der Waals surface area contributed by atoms with Crippen LogP contribution in [-0.4, -0.2) is 131 Å². The van der Waals surface area contributed by atoms with E-state index in [1.165, 1.54) is 44.6 Å². The molecule has 0 unspecified atom stereocenters. The van der Waals surface area contributed by atoms with Crippen LogP contribution in [0.4, 0.5) is 22.1 Å². The zero-order valence-electron chi connectivity index (χ0n) is 62.4. The zero-order valence-corrected chi connectivity index (χ0v) is 63.2. The Morgan fingerprint density at radius 1 is 0.514 bits per heavy atom. The van der Waals surface area contributed by atoms with Gasteiger partial charge in [-0.2, -0.15) is 49.8 Å². The normalized spacial score (nSPS) is 15.8. The molecule has 5 aliphatic carbocycles. The number of H-pyrrole nitrogens is 3. The molecule has 5 fully saturated rings. The largest absolute Gasteiger partial charge is 0.480 e. The molecule has 0 radical (unpaired) electrons. The first-order chi connectivity index (χ1) is 53.8. The monoisotopic (exact) mass is 1530 g/mol. The van der Waals surface area contributed by atoms with E-state index in [2.05, 4.69) is 126 Å². The fourth-order valence-electron chi connectivity index (χ4n) is 15.8. The molecular weight excluding hydrogens is 1440 g/mol. The number of aryl methyl sites for hydroxylation is 6. The number of rotatable bonds is 11. The third-order valence-electron chi connectivity index (χ3n) is 21.1. The van der Waals surface area contributed by atoms with Crippen molar-refractivity contribution in [2.45, 2.75) is 200 Å². The minimum Gasteiger partial charge on any atom is -0.480 e. The summed E-state index contributed by atoms with van der Waals surface area (Å²) in [6.07, 6.45) is 26.5. The van der Waals surface area contributed by atoms with Crippen LogP contribution in [0.25, 0.3) is 113 Å². The molecule has 5 saturated carbocycles. The minimum atomic E-state index is -0.734. The first kappa shape index (κ1) is 72.9. The third kappa shape index (κ3) is 14.5. The molecule has 0 bridgehead atoms. The molecule has 35 nitrogen and oxygen atoms in total. The van der Waals surface area contributed by atoms with Crippen LogP contribution in [0, 0.1) is 52.3 Å². The summed E-state index contributed by atoms with van der Waals surface area (Å²) >= 11 is 5.41. The van der Waals surface area contributed by atoms with Gasteiger partial charge in [-0.1, -0.05) is 122 Å². The maximum absolute atomic E-state index is 13.4. The van der Waals surface area contributed by atoms with Gasteiger partial charge in [0.05, 0.1) is 71.1 Å². The number of nitrogens with zero attached hydrogens (tertiary/aromatic N) is 22. The number of aromatic nitrogens is 25. The summed E-state index contributed by atoms with van der Waals surface area (Å²) in [5.74, 6) is 4.13. The van der Waals surface area contributed by atoms with E-state index in [1.807, 2.05) is 47.8 Å². The second-order valence-corrected chi connectivity index (χ2v) is 29.3. The number of fused-ring (bicyclic) bond motifs is 5. The van der Waals surface area contributed by atoms with Crippen LogP contribution >= 0.6 is 12.2 Å². The Bertz CT molecular complexity index is 6100. The highest BCUT2D eigenvalue weighted by Crippen LogP contribution is 2.42. The topological polar surface area (TPSA) is 465 Å². The number of oxazole rings is 1. The average Bonchev–Trinajstić information content (AvgIpc) is 1.58. The first-order valence-electron chi connectivity index (χ1n) is 37.5. The molecule has 0 atom stereocenters. The number of ether oxygens (including phenoxy) is 1. The lowest BCUT2D eigenvalue weighted by atomic mass is 10.1. The van der Waals surface area contributed by atoms with E-state index in [-0.39, 0.29) is 41.4 Å². The van der Waals surface area contributed by atoms with E-state index in [4.69, 9.17) is 62.3 Å². The molecule has 14 aromatic heterocycles. The molecule has 0 amide bonds. The number of nitrogens with one attached hydrogen (secondary N) is 3. The second-order valence-electron chi connectivity index (χ2n) is 28.9. The number of aromatic amines is 3. The highest BCUT2D eigenvalue weighted by molar-refractivity contribution is 7.71. The molecule has 5 aliphatic rings. The van der Waals surface area contributed by atoms with E-state index in [0.29, 0.717) is 113 Å². The van der Waals surface area contributed by atoms with Gasteiger partial charge < -0.3 is 44.9 Å². The number of benzene rings is 1. The molecular formula is C74H83FN28O7S. The highest BCUT2D eigenvalue weighted by Gasteiger charge is 2.33. The fraction of sp³-hybridized carbons (Fsp3) is 0.432. The van der Waals surface area contributed by atoms with Gasteiger partial charge in [-0.3, -0.25) is 14.8 Å². The molecule has 1 aromatic carbocycles. The zero-order chi connectivity index (χ0) is 76.9. The molecule has 0 spiro atoms. The van der Waals surface area contributed by atoms with Crippen LogP contribution in [0.1, 0.15) is 193 Å². The van der Waals surface area contributed by atoms with Crippen molar-refractivity contribution >= 4 is 85.1 Å². The van der Waals surface area contributed by atoms with E-state index < -0.39 is 11.8 Å². The van der Waals surface area contributed by atoms with Gasteiger partial charge in [0.2, 0.25) is 17.7 Å². The smallest absolute Gasteiger partial charge is 0.349 e. The SMILES string of the molecule is COc1nc(=O)[nH]c2c1c(-c1nc(C)co1)nn2C1CCCC1.Cc1cc(-c2nn(C3CCCC3)c3nc(F)ncc23)on1.Cc1ccc(-c2nn(C3CCCC3)c3nc(C)nc(N)c23)cc1.Cc1cnoc1-c1nn(C2CCCC2)c2[nH]c(N)nc(=S)c12.Cc1noc(-c2nn(C3CCCC3)c3nc(N)[nH]c(=O)c23)n1. The van der Waals surface area contributed by atoms with Crippen molar-refractivity contribution in [3.05, 3.63) is 115 Å². The highest BCUT2D eigenvalue weighted by atomic mass is 32.1. The predicted molar refractivity (Wildman–Crippen MR) is 411 cm³/mol. The van der Waals surface area contributed by atoms with Crippen molar-refractivity contribution < 1.29 is 27.1 Å². The van der Waals surface area contributed by atoms with Crippen LogP contribution < -0.4 is 33.2 Å². The Kier molecular flexibility index (Phi) is 20.1. The molecule has 14 heterocycles. The first-order valence-corrected chi connectivity index (χ1v) is 37.9. The third-order valence-corrected chi connectivity index (χ3v) is 21.4. The van der Waals surface area contributed by atoms with Crippen LogP contribution in [0.3, 0.4) is 0 Å². The molecule has 37 heteroatoms. The van der Waals surface area contributed by atoms with Crippen LogP contribution in [0.15, 0.2) is 76.6 Å². The number of nitrogen functional groups attached to an aromatic ring is 3. The average molecular weight is 1530 g/mol. The Labute approximate surface area is 635 Å². The van der Waals surface area contributed by atoms with Crippen LogP contribution in [0.5, 0.6) is 5.88 Å². The molecule has 20 rings (SSSR count). The summed E-state index contributed by atoms with van der Waals surface area (Å²) in [4.78, 5) is 70.0. The van der Waals surface area contributed by atoms with Crippen molar-refractivity contribution in [2.24, 2.45) is 0 Å². The molecule has 0 aliphatic heterocycles. The fourth-order valence-corrected chi connectivity index (χ4v) is 16.1. The van der Waals surface area contributed by atoms with E-state index in [9.17, 15) is 14.0 Å². The maximum atomic E-state index is 13.4. The van der Waals surface area contributed by atoms with E-state index >= 15 is 0 Å². The van der Waals surface area contributed by atoms with Gasteiger partial charge in [0.15, 0.2) is 51.6 Å². The van der Waals surface area contributed by atoms with E-state index in [0.717, 1.165) is 153 Å². The van der Waals surface area contributed by atoms with Crippen molar-refractivity contribution in [3.8, 4) is 63.2 Å². The second kappa shape index (κ2) is 30.6. The van der Waals surface area contributed by atoms with Gasteiger partial charge in [0.1, 0.15) is 61.7 Å². The Morgan fingerprint density at radius 3 is 1.64 bits per heavy atom. The molecule has 111 heavy (non-hydrogen) atoms. The summed E-state index contributed by atoms with van der Waals surface area (Å²) < 4.78 is 50.0. The number of nitrogens with two attached hydrogens (primary N) is 3. The minimum absolute atomic E-state index is 0.0740. The van der Waals surface area contributed by atoms with Crippen molar-refractivity contribution in [1.82, 2.24) is 124 Å². The summed E-state index contributed by atoms with van der Waals surface area (Å²) in [6, 6.07) is 11.7. The maximum Gasteiger partial charge on any atom is 0.349 e. The predicted octanol–water partition coefficient (Wildman–Crippen LogP) is 13.4. The van der Waals surface area contributed by atoms with Gasteiger partial charge >= 0.3 is 11.8 Å². The summed E-state index contributed by atoms with van der Waals surface area (Å²) in [6.45, 7) is 11.3. The number of halogens is 1. The molecule has 574 valence electrons. The summed E-state index contributed by atoms with van der Waals surface area (Å²) in [5, 5.41) is 38.3. The van der Waals surface area contributed by atoms with Gasteiger partial charge in [0, 0.05) is 23.4 Å². The Balaban J connectivity index is 0.000000105. The summed E-state index contributed by atoms with van der Waals surface area (Å²) in [5.41, 5.74) is 28.1. The quantitative estimate of drug-likeness (QED) is 0.0517.